The largest absolute Gasteiger partial charge is 0.481 e. The van der Waals surface area contributed by atoms with Crippen LogP contribution in [0.5, 0.6) is 0 Å². The molecule has 0 rings (SSSR count). The van der Waals surface area contributed by atoms with Crippen molar-refractivity contribution in [2.75, 3.05) is 11.5 Å². The maximum absolute atomic E-state index is 13.6. The highest BCUT2D eigenvalue weighted by atomic mass is 32.2. The molecule has 0 saturated carbocycles. The maximum atomic E-state index is 13.6. The lowest BCUT2D eigenvalue weighted by molar-refractivity contribution is -0.137. The summed E-state index contributed by atoms with van der Waals surface area (Å²) in [5.41, 5.74) is 0. The monoisotopic (exact) mass is 305 g/mol. The first-order chi connectivity index (χ1) is 9.66. The minimum Gasteiger partial charge on any atom is -0.481 e. The Morgan fingerprint density at radius 3 is 2.40 bits per heavy atom. The highest BCUT2D eigenvalue weighted by Crippen LogP contribution is 2.16. The fourth-order valence-corrected chi connectivity index (χ4v) is 3.12. The molecular formula is C16H31FO2S. The molecule has 0 radical (unpaired) electrons. The lowest BCUT2D eigenvalue weighted by Crippen LogP contribution is -2.02. The smallest absolute Gasteiger partial charge is 0.303 e. The molecule has 1 N–H and O–H groups in total. The summed E-state index contributed by atoms with van der Waals surface area (Å²) in [7, 11) is 0. The third kappa shape index (κ3) is 15.8. The number of carboxylic acid groups (broad SMARTS) is 1. The highest BCUT2D eigenvalue weighted by Gasteiger charge is 2.06. The van der Waals surface area contributed by atoms with Gasteiger partial charge in [0.15, 0.2) is 0 Å². The topological polar surface area (TPSA) is 37.3 Å². The number of alkyl halides is 1. The van der Waals surface area contributed by atoms with Crippen LogP contribution in [0.3, 0.4) is 0 Å². The first kappa shape index (κ1) is 19.8. The van der Waals surface area contributed by atoms with Crippen LogP contribution < -0.4 is 0 Å². The third-order valence-corrected chi connectivity index (χ3v) is 4.48. The molecule has 0 heterocycles. The summed E-state index contributed by atoms with van der Waals surface area (Å²) in [4.78, 5) is 10.3. The molecule has 0 spiro atoms. The molecule has 1 atom stereocenters. The van der Waals surface area contributed by atoms with Crippen molar-refractivity contribution >= 4 is 17.7 Å². The molecule has 0 aromatic rings. The lowest BCUT2D eigenvalue weighted by Gasteiger charge is -2.08. The van der Waals surface area contributed by atoms with E-state index in [1.807, 2.05) is 0 Å². The van der Waals surface area contributed by atoms with Gasteiger partial charge < -0.3 is 5.11 Å². The first-order valence-electron chi connectivity index (χ1n) is 8.10. The number of unbranched alkanes of at least 4 members (excludes halogenated alkanes) is 6. The van der Waals surface area contributed by atoms with Crippen molar-refractivity contribution in [2.24, 2.45) is 0 Å². The van der Waals surface area contributed by atoms with Crippen molar-refractivity contribution in [2.45, 2.75) is 83.7 Å². The number of hydrogen-bond donors (Lipinski definition) is 1. The SMILES string of the molecule is CCCCCCCCC([18F])CCSCCCCC(=O)O. The van der Waals surface area contributed by atoms with Gasteiger partial charge >= 0.3 is 5.97 Å². The molecule has 0 aromatic heterocycles. The standard InChI is InChI=1S/C16H31FO2S/c1-2-3-4-5-6-7-10-15(17)12-14-20-13-9-8-11-16(18)19/h15H,2-14H2,1H3,(H,18,19)/i17-1. The van der Waals surface area contributed by atoms with Crippen molar-refractivity contribution in [1.82, 2.24) is 0 Å². The number of carbonyl (C=O) groups is 1. The first-order valence-corrected chi connectivity index (χ1v) is 9.26. The molecule has 0 aliphatic rings. The summed E-state index contributed by atoms with van der Waals surface area (Å²) in [5, 5.41) is 8.48. The molecule has 0 bridgehead atoms. The Balaban J connectivity index is 3.16. The number of thioether (sulfide) groups is 1. The Hall–Kier alpha value is -0.250. The van der Waals surface area contributed by atoms with Gasteiger partial charge in [0.1, 0.15) is 6.17 Å². The van der Waals surface area contributed by atoms with E-state index in [0.717, 1.165) is 30.8 Å². The van der Waals surface area contributed by atoms with Gasteiger partial charge in [0.05, 0.1) is 0 Å². The maximum Gasteiger partial charge on any atom is 0.303 e. The van der Waals surface area contributed by atoms with Gasteiger partial charge in [-0.05, 0) is 37.2 Å². The molecule has 20 heavy (non-hydrogen) atoms. The zero-order valence-electron chi connectivity index (χ0n) is 12.9. The van der Waals surface area contributed by atoms with Crippen LogP contribution in [0.15, 0.2) is 0 Å². The summed E-state index contributed by atoms with van der Waals surface area (Å²) >= 11 is 1.75. The third-order valence-electron chi connectivity index (χ3n) is 3.38. The predicted octanol–water partition coefficient (Wildman–Crippen LogP) is 5.45. The van der Waals surface area contributed by atoms with E-state index < -0.39 is 12.1 Å². The van der Waals surface area contributed by atoms with Crippen LogP contribution in [0.25, 0.3) is 0 Å². The van der Waals surface area contributed by atoms with Gasteiger partial charge in [0.25, 0.3) is 0 Å². The van der Waals surface area contributed by atoms with Crippen molar-refractivity contribution in [3.05, 3.63) is 0 Å². The molecular weight excluding hydrogens is 274 g/mol. The quantitative estimate of drug-likeness (QED) is 0.409. The fraction of sp³-hybridized carbons (Fsp3) is 0.938. The second kappa shape index (κ2) is 15.1. The Labute approximate surface area is 127 Å². The van der Waals surface area contributed by atoms with Gasteiger partial charge in [-0.3, -0.25) is 4.79 Å². The van der Waals surface area contributed by atoms with Crippen molar-refractivity contribution in [3.63, 3.8) is 0 Å². The minimum atomic E-state index is -0.724. The van der Waals surface area contributed by atoms with Crippen LogP contribution in [0.1, 0.15) is 77.6 Å². The van der Waals surface area contributed by atoms with E-state index in [1.165, 1.54) is 32.1 Å². The van der Waals surface area contributed by atoms with Gasteiger partial charge in [-0.15, -0.1) is 0 Å². The number of hydrogen-bond acceptors (Lipinski definition) is 2. The molecule has 0 aliphatic carbocycles. The number of halogens is 1. The normalized spacial score (nSPS) is 12.5. The number of rotatable bonds is 15. The van der Waals surface area contributed by atoms with Crippen LogP contribution >= 0.6 is 11.8 Å². The van der Waals surface area contributed by atoms with Gasteiger partial charge in [0, 0.05) is 6.42 Å². The molecule has 2 nitrogen and oxygen atoms in total. The molecule has 0 fully saturated rings. The summed E-state index contributed by atoms with van der Waals surface area (Å²) in [6, 6.07) is 0. The van der Waals surface area contributed by atoms with Crippen molar-refractivity contribution in [3.8, 4) is 0 Å². The molecule has 0 aromatic carbocycles. The Morgan fingerprint density at radius 1 is 1.00 bits per heavy atom. The van der Waals surface area contributed by atoms with Crippen LogP contribution in [0.2, 0.25) is 0 Å². The van der Waals surface area contributed by atoms with Gasteiger partial charge in [-0.25, -0.2) is 4.39 Å². The average molecular weight is 305 g/mol. The van der Waals surface area contributed by atoms with Gasteiger partial charge in [-0.2, -0.15) is 11.8 Å². The molecule has 1 unspecified atom stereocenters. The second-order valence-electron chi connectivity index (χ2n) is 5.41. The van der Waals surface area contributed by atoms with Crippen molar-refractivity contribution < 1.29 is 14.3 Å². The summed E-state index contributed by atoms with van der Waals surface area (Å²) in [6.45, 7) is 2.21. The van der Waals surface area contributed by atoms with E-state index in [2.05, 4.69) is 6.92 Å². The minimum absolute atomic E-state index is 0.254. The van der Waals surface area contributed by atoms with E-state index in [-0.39, 0.29) is 6.42 Å². The van der Waals surface area contributed by atoms with E-state index >= 15 is 0 Å². The van der Waals surface area contributed by atoms with Crippen molar-refractivity contribution in [1.29, 1.82) is 0 Å². The van der Waals surface area contributed by atoms with Crippen LogP contribution in [0, 0.1) is 0 Å². The number of carboxylic acids is 1. The Morgan fingerprint density at radius 2 is 1.70 bits per heavy atom. The predicted molar refractivity (Wildman–Crippen MR) is 86.3 cm³/mol. The van der Waals surface area contributed by atoms with E-state index in [1.54, 1.807) is 11.8 Å². The van der Waals surface area contributed by atoms with E-state index in [0.29, 0.717) is 12.8 Å². The zero-order valence-corrected chi connectivity index (χ0v) is 13.7. The second-order valence-corrected chi connectivity index (χ2v) is 6.63. The Kier molecular flexibility index (Phi) is 15.0. The molecule has 0 amide bonds. The van der Waals surface area contributed by atoms with Gasteiger partial charge in [0.2, 0.25) is 0 Å². The van der Waals surface area contributed by atoms with E-state index in [9.17, 15) is 9.18 Å². The number of aliphatic carboxylic acids is 1. The summed E-state index contributed by atoms with van der Waals surface area (Å²) in [6.07, 6.45) is 9.93. The van der Waals surface area contributed by atoms with Crippen LogP contribution in [-0.2, 0) is 4.79 Å². The summed E-state index contributed by atoms with van der Waals surface area (Å²) in [5.74, 6) is 1.10. The summed E-state index contributed by atoms with van der Waals surface area (Å²) < 4.78 is 13.6. The highest BCUT2D eigenvalue weighted by molar-refractivity contribution is 7.99. The molecule has 120 valence electrons. The molecule has 0 saturated heterocycles. The van der Waals surface area contributed by atoms with Gasteiger partial charge in [-0.1, -0.05) is 45.4 Å². The molecule has 0 aliphatic heterocycles. The average Bonchev–Trinajstić information content (AvgIpc) is 2.41. The fourth-order valence-electron chi connectivity index (χ4n) is 2.08. The zero-order chi connectivity index (χ0) is 15.1. The van der Waals surface area contributed by atoms with E-state index in [4.69, 9.17) is 5.11 Å². The van der Waals surface area contributed by atoms with Crippen LogP contribution in [0.4, 0.5) is 4.39 Å². The molecule has 4 heteroatoms. The van der Waals surface area contributed by atoms with Crippen LogP contribution in [-0.4, -0.2) is 28.8 Å². The lowest BCUT2D eigenvalue weighted by atomic mass is 10.1. The Bertz CT molecular complexity index is 225.